The highest BCUT2D eigenvalue weighted by Crippen LogP contribution is 2.27. The summed E-state index contributed by atoms with van der Waals surface area (Å²) in [6.07, 6.45) is 7.95. The number of rotatable bonds is 7. The van der Waals surface area contributed by atoms with Crippen LogP contribution in [0.2, 0.25) is 0 Å². The van der Waals surface area contributed by atoms with Gasteiger partial charge in [0.15, 0.2) is 17.3 Å². The van der Waals surface area contributed by atoms with Crippen molar-refractivity contribution in [2.75, 3.05) is 24.9 Å². The van der Waals surface area contributed by atoms with Gasteiger partial charge in [-0.05, 0) is 30.5 Å². The van der Waals surface area contributed by atoms with Crippen LogP contribution >= 0.6 is 0 Å². The van der Waals surface area contributed by atoms with Crippen molar-refractivity contribution in [2.24, 2.45) is 0 Å². The molecule has 1 aromatic carbocycles. The van der Waals surface area contributed by atoms with E-state index in [0.717, 1.165) is 11.4 Å². The molecular weight excluding hydrogens is 318 g/mol. The average molecular weight is 343 g/mol. The van der Waals surface area contributed by atoms with Crippen molar-refractivity contribution < 1.29 is 9.47 Å². The maximum Gasteiger partial charge on any atom is 0.244 e. The van der Waals surface area contributed by atoms with Gasteiger partial charge in [-0.3, -0.25) is 0 Å². The number of nitrogens with zero attached hydrogens (tertiary/aromatic N) is 3. The maximum absolute atomic E-state index is 5.33. The Kier molecular flexibility index (Phi) is 5.87. The van der Waals surface area contributed by atoms with Crippen molar-refractivity contribution in [2.45, 2.75) is 44.7 Å². The second-order valence-corrected chi connectivity index (χ2v) is 6.19. The molecular formula is C18H25N5O2. The van der Waals surface area contributed by atoms with Gasteiger partial charge in [0.1, 0.15) is 0 Å². The molecule has 7 nitrogen and oxygen atoms in total. The van der Waals surface area contributed by atoms with Gasteiger partial charge in [-0.15, -0.1) is 5.10 Å². The van der Waals surface area contributed by atoms with Gasteiger partial charge < -0.3 is 20.1 Å². The molecule has 1 heterocycles. The van der Waals surface area contributed by atoms with Crippen molar-refractivity contribution in [1.82, 2.24) is 15.2 Å². The van der Waals surface area contributed by atoms with E-state index in [2.05, 4.69) is 25.8 Å². The minimum atomic E-state index is 0.490. The third-order valence-electron chi connectivity index (χ3n) is 4.41. The summed E-state index contributed by atoms with van der Waals surface area (Å²) in [7, 11) is 3.25. The van der Waals surface area contributed by atoms with Gasteiger partial charge in [0.05, 0.1) is 20.4 Å². The topological polar surface area (TPSA) is 81.2 Å². The minimum Gasteiger partial charge on any atom is -0.493 e. The monoisotopic (exact) mass is 343 g/mol. The van der Waals surface area contributed by atoms with E-state index in [1.54, 1.807) is 20.4 Å². The lowest BCUT2D eigenvalue weighted by Crippen LogP contribution is -2.23. The lowest BCUT2D eigenvalue weighted by atomic mass is 9.96. The largest absolute Gasteiger partial charge is 0.493 e. The molecule has 134 valence electrons. The molecule has 0 bridgehead atoms. The number of methoxy groups -OCH3 is 2. The molecule has 0 atom stereocenters. The molecule has 0 aliphatic heterocycles. The molecule has 1 saturated carbocycles. The molecule has 0 radical (unpaired) electrons. The first-order chi connectivity index (χ1) is 12.3. The van der Waals surface area contributed by atoms with E-state index in [1.807, 2.05) is 18.2 Å². The molecule has 25 heavy (non-hydrogen) atoms. The molecule has 0 spiro atoms. The summed E-state index contributed by atoms with van der Waals surface area (Å²) in [4.78, 5) is 4.51. The first-order valence-corrected chi connectivity index (χ1v) is 8.69. The zero-order valence-corrected chi connectivity index (χ0v) is 14.8. The van der Waals surface area contributed by atoms with Gasteiger partial charge in [-0.1, -0.05) is 25.3 Å². The number of benzene rings is 1. The van der Waals surface area contributed by atoms with Gasteiger partial charge in [0.25, 0.3) is 0 Å². The van der Waals surface area contributed by atoms with E-state index in [-0.39, 0.29) is 0 Å². The molecule has 0 unspecified atom stereocenters. The highest BCUT2D eigenvalue weighted by molar-refractivity contribution is 5.44. The van der Waals surface area contributed by atoms with Crippen LogP contribution in [0.4, 0.5) is 11.8 Å². The van der Waals surface area contributed by atoms with E-state index >= 15 is 0 Å². The zero-order valence-electron chi connectivity index (χ0n) is 14.8. The average Bonchev–Trinajstić information content (AvgIpc) is 2.67. The smallest absolute Gasteiger partial charge is 0.244 e. The number of hydrogen-bond donors (Lipinski definition) is 2. The summed E-state index contributed by atoms with van der Waals surface area (Å²) in [6.45, 7) is 0.578. The summed E-state index contributed by atoms with van der Waals surface area (Å²) in [5.74, 6) is 2.70. The Labute approximate surface area is 148 Å². The van der Waals surface area contributed by atoms with Crippen molar-refractivity contribution in [3.05, 3.63) is 30.0 Å². The minimum absolute atomic E-state index is 0.490. The molecule has 0 amide bonds. The molecule has 1 aliphatic carbocycles. The molecule has 1 aromatic heterocycles. The zero-order chi connectivity index (χ0) is 17.5. The van der Waals surface area contributed by atoms with Crippen LogP contribution in [0.5, 0.6) is 11.5 Å². The summed E-state index contributed by atoms with van der Waals surface area (Å²) in [5.41, 5.74) is 1.05. The Morgan fingerprint density at radius 2 is 1.88 bits per heavy atom. The van der Waals surface area contributed by atoms with E-state index in [9.17, 15) is 0 Å². The maximum atomic E-state index is 5.33. The lowest BCUT2D eigenvalue weighted by Gasteiger charge is -2.23. The van der Waals surface area contributed by atoms with Gasteiger partial charge >= 0.3 is 0 Å². The Hall–Kier alpha value is -2.57. The Morgan fingerprint density at radius 1 is 1.08 bits per heavy atom. The van der Waals surface area contributed by atoms with Crippen molar-refractivity contribution >= 4 is 11.8 Å². The van der Waals surface area contributed by atoms with E-state index < -0.39 is 0 Å². The molecule has 2 N–H and O–H groups in total. The predicted octanol–water partition coefficient (Wildman–Crippen LogP) is 3.25. The molecule has 3 rings (SSSR count). The normalized spacial score (nSPS) is 14.8. The van der Waals surface area contributed by atoms with Crippen LogP contribution in [0.3, 0.4) is 0 Å². The second kappa shape index (κ2) is 8.50. The van der Waals surface area contributed by atoms with Crippen LogP contribution in [0.1, 0.15) is 37.7 Å². The van der Waals surface area contributed by atoms with E-state index in [0.29, 0.717) is 30.0 Å². The van der Waals surface area contributed by atoms with Crippen LogP contribution < -0.4 is 20.1 Å². The molecule has 2 aromatic rings. The summed E-state index contributed by atoms with van der Waals surface area (Å²) >= 11 is 0. The lowest BCUT2D eigenvalue weighted by molar-refractivity contribution is 0.354. The highest BCUT2D eigenvalue weighted by atomic mass is 16.5. The van der Waals surface area contributed by atoms with Gasteiger partial charge in [0.2, 0.25) is 5.95 Å². The van der Waals surface area contributed by atoms with E-state index in [4.69, 9.17) is 9.47 Å². The molecule has 7 heteroatoms. The number of anilines is 2. The standard InChI is InChI=1S/C18H25N5O2/c1-24-15-9-8-13(10-16(15)25-2)11-19-18-22-17(12-20-23-18)21-14-6-4-3-5-7-14/h8-10,12,14H,3-7,11H2,1-2H3,(H2,19,21,22,23). The Balaban J connectivity index is 1.60. The molecule has 0 saturated heterocycles. The van der Waals surface area contributed by atoms with Crippen molar-refractivity contribution in [3.8, 4) is 11.5 Å². The van der Waals surface area contributed by atoms with Gasteiger partial charge in [-0.2, -0.15) is 10.1 Å². The number of nitrogens with one attached hydrogen (secondary N) is 2. The van der Waals surface area contributed by atoms with Crippen LogP contribution in [-0.4, -0.2) is 35.4 Å². The van der Waals surface area contributed by atoms with Crippen molar-refractivity contribution in [1.29, 1.82) is 0 Å². The summed E-state index contributed by atoms with van der Waals surface area (Å²) < 4.78 is 10.6. The van der Waals surface area contributed by atoms with Gasteiger partial charge in [0, 0.05) is 12.6 Å². The number of aromatic nitrogens is 3. The predicted molar refractivity (Wildman–Crippen MR) is 97.2 cm³/mol. The van der Waals surface area contributed by atoms with Crippen LogP contribution in [0.15, 0.2) is 24.4 Å². The summed E-state index contributed by atoms with van der Waals surface area (Å²) in [5, 5.41) is 14.8. The van der Waals surface area contributed by atoms with Crippen LogP contribution in [-0.2, 0) is 6.54 Å². The fourth-order valence-corrected chi connectivity index (χ4v) is 3.08. The fourth-order valence-electron chi connectivity index (χ4n) is 3.08. The highest BCUT2D eigenvalue weighted by Gasteiger charge is 2.14. The first kappa shape index (κ1) is 17.3. The summed E-state index contributed by atoms with van der Waals surface area (Å²) in [6, 6.07) is 6.29. The fraction of sp³-hybridized carbons (Fsp3) is 0.500. The second-order valence-electron chi connectivity index (χ2n) is 6.19. The number of hydrogen-bond acceptors (Lipinski definition) is 7. The Morgan fingerprint density at radius 3 is 2.64 bits per heavy atom. The quantitative estimate of drug-likeness (QED) is 0.798. The van der Waals surface area contributed by atoms with Crippen molar-refractivity contribution in [3.63, 3.8) is 0 Å². The molecule has 1 fully saturated rings. The molecule has 1 aliphatic rings. The first-order valence-electron chi connectivity index (χ1n) is 8.69. The van der Waals surface area contributed by atoms with Crippen LogP contribution in [0.25, 0.3) is 0 Å². The van der Waals surface area contributed by atoms with Gasteiger partial charge in [-0.25, -0.2) is 0 Å². The van der Waals surface area contributed by atoms with E-state index in [1.165, 1.54) is 32.1 Å². The number of ether oxygens (including phenoxy) is 2. The Bertz CT molecular complexity index is 689. The third kappa shape index (κ3) is 4.71. The third-order valence-corrected chi connectivity index (χ3v) is 4.41. The van der Waals surface area contributed by atoms with Crippen LogP contribution in [0, 0.1) is 0 Å². The SMILES string of the molecule is COc1ccc(CNc2nncc(NC3CCCCC3)n2)cc1OC.